The van der Waals surface area contributed by atoms with Gasteiger partial charge in [-0.05, 0) is 24.1 Å². The average molecular weight is 404 g/mol. The molecule has 2 rings (SSSR count). The number of amides is 1. The van der Waals surface area contributed by atoms with Gasteiger partial charge in [0.2, 0.25) is 11.5 Å². The number of nitro benzene ring substituents is 1. The van der Waals surface area contributed by atoms with Crippen LogP contribution in [-0.2, 0) is 0 Å². The Balaban J connectivity index is 2.48. The molecule has 29 heavy (non-hydrogen) atoms. The van der Waals surface area contributed by atoms with Crippen molar-refractivity contribution in [2.45, 2.75) is 19.4 Å². The molecule has 0 heterocycles. The number of carbonyl (C=O) groups is 1. The van der Waals surface area contributed by atoms with Crippen molar-refractivity contribution >= 4 is 11.6 Å². The number of benzene rings is 2. The fourth-order valence-electron chi connectivity index (χ4n) is 2.99. The Morgan fingerprint density at radius 2 is 1.66 bits per heavy atom. The molecule has 1 atom stereocenters. The van der Waals surface area contributed by atoms with Crippen LogP contribution < -0.4 is 24.3 Å². The molecule has 1 N–H and O–H groups in total. The van der Waals surface area contributed by atoms with Gasteiger partial charge in [0.05, 0.1) is 39.4 Å². The number of methoxy groups -OCH3 is 4. The molecular weight excluding hydrogens is 380 g/mol. The first kappa shape index (κ1) is 21.8. The van der Waals surface area contributed by atoms with Gasteiger partial charge in [0, 0.05) is 6.07 Å². The van der Waals surface area contributed by atoms with Gasteiger partial charge in [-0.2, -0.15) is 0 Å². The first-order valence-electron chi connectivity index (χ1n) is 8.83. The molecule has 156 valence electrons. The van der Waals surface area contributed by atoms with Gasteiger partial charge >= 0.3 is 5.69 Å². The van der Waals surface area contributed by atoms with Crippen LogP contribution in [-0.4, -0.2) is 39.3 Å². The van der Waals surface area contributed by atoms with Crippen molar-refractivity contribution in [3.05, 3.63) is 51.6 Å². The number of nitrogens with one attached hydrogen (secondary N) is 1. The molecule has 2 aromatic rings. The van der Waals surface area contributed by atoms with E-state index in [1.807, 2.05) is 19.1 Å². The molecule has 0 bridgehead atoms. The molecular formula is C20H24N2O7. The summed E-state index contributed by atoms with van der Waals surface area (Å²) < 4.78 is 20.7. The minimum Gasteiger partial charge on any atom is -0.497 e. The fraction of sp³-hybridized carbons (Fsp3) is 0.350. The fourth-order valence-corrected chi connectivity index (χ4v) is 2.99. The van der Waals surface area contributed by atoms with E-state index in [2.05, 4.69) is 5.32 Å². The Morgan fingerprint density at radius 1 is 1.03 bits per heavy atom. The SMILES string of the molecule is CCC(NC(=O)c1cc(OC)c(OC)c(OC)c1[N+](=O)[O-])c1ccc(OC)cc1. The zero-order valence-electron chi connectivity index (χ0n) is 17.0. The lowest BCUT2D eigenvalue weighted by atomic mass is 10.0. The number of carbonyl (C=O) groups excluding carboxylic acids is 1. The highest BCUT2D eigenvalue weighted by atomic mass is 16.6. The maximum absolute atomic E-state index is 13.0. The standard InChI is InChI=1S/C20H24N2O7/c1-6-15(12-7-9-13(26-2)10-8-12)21-20(23)14-11-16(27-3)18(28-4)19(29-5)17(14)22(24)25/h7-11,15H,6H2,1-5H3,(H,21,23). The van der Waals surface area contributed by atoms with Gasteiger partial charge in [0.1, 0.15) is 11.3 Å². The highest BCUT2D eigenvalue weighted by Crippen LogP contribution is 2.46. The van der Waals surface area contributed by atoms with Crippen LogP contribution in [0.4, 0.5) is 5.69 Å². The Morgan fingerprint density at radius 3 is 2.10 bits per heavy atom. The second kappa shape index (κ2) is 9.63. The molecule has 0 aliphatic rings. The maximum atomic E-state index is 13.0. The third-order valence-corrected chi connectivity index (χ3v) is 4.46. The van der Waals surface area contributed by atoms with Crippen molar-refractivity contribution in [2.75, 3.05) is 28.4 Å². The van der Waals surface area contributed by atoms with Crippen molar-refractivity contribution in [2.24, 2.45) is 0 Å². The third-order valence-electron chi connectivity index (χ3n) is 4.46. The van der Waals surface area contributed by atoms with Crippen molar-refractivity contribution in [1.82, 2.24) is 5.32 Å². The van der Waals surface area contributed by atoms with Crippen molar-refractivity contribution in [3.8, 4) is 23.0 Å². The number of rotatable bonds is 9. The van der Waals surface area contributed by atoms with E-state index in [0.29, 0.717) is 12.2 Å². The molecule has 0 aromatic heterocycles. The van der Waals surface area contributed by atoms with Gasteiger partial charge < -0.3 is 24.3 Å². The Hall–Kier alpha value is -3.49. The predicted octanol–water partition coefficient (Wildman–Crippen LogP) is 3.51. The van der Waals surface area contributed by atoms with Crippen molar-refractivity contribution < 1.29 is 28.7 Å². The van der Waals surface area contributed by atoms with Crippen LogP contribution in [0.25, 0.3) is 0 Å². The normalized spacial score (nSPS) is 11.3. The molecule has 1 amide bonds. The number of ether oxygens (including phenoxy) is 4. The van der Waals surface area contributed by atoms with E-state index in [9.17, 15) is 14.9 Å². The van der Waals surface area contributed by atoms with E-state index >= 15 is 0 Å². The molecule has 0 aliphatic carbocycles. The van der Waals surface area contributed by atoms with E-state index < -0.39 is 16.5 Å². The van der Waals surface area contributed by atoms with Gasteiger partial charge in [-0.1, -0.05) is 19.1 Å². The van der Waals surface area contributed by atoms with Crippen molar-refractivity contribution in [3.63, 3.8) is 0 Å². The Labute approximate surface area is 168 Å². The second-order valence-corrected chi connectivity index (χ2v) is 6.01. The van der Waals surface area contributed by atoms with Crippen LogP contribution in [0.15, 0.2) is 30.3 Å². The van der Waals surface area contributed by atoms with Crippen LogP contribution in [0.5, 0.6) is 23.0 Å². The lowest BCUT2D eigenvalue weighted by Gasteiger charge is -2.19. The monoisotopic (exact) mass is 404 g/mol. The minimum absolute atomic E-state index is 0.0421. The third kappa shape index (κ3) is 4.50. The summed E-state index contributed by atoms with van der Waals surface area (Å²) in [6.07, 6.45) is 0.580. The summed E-state index contributed by atoms with van der Waals surface area (Å²) in [6.45, 7) is 1.90. The Bertz CT molecular complexity index is 881. The number of nitrogens with zero attached hydrogens (tertiary/aromatic N) is 1. The van der Waals surface area contributed by atoms with E-state index in [1.165, 1.54) is 27.4 Å². The molecule has 0 aliphatic heterocycles. The molecule has 1 unspecified atom stereocenters. The molecule has 9 heteroatoms. The smallest absolute Gasteiger partial charge is 0.327 e. The van der Waals surface area contributed by atoms with Crippen LogP contribution in [0.1, 0.15) is 35.3 Å². The predicted molar refractivity (Wildman–Crippen MR) is 106 cm³/mol. The molecule has 0 saturated heterocycles. The molecule has 2 aromatic carbocycles. The largest absolute Gasteiger partial charge is 0.497 e. The van der Waals surface area contributed by atoms with Crippen LogP contribution >= 0.6 is 0 Å². The molecule has 0 fully saturated rings. The van der Waals surface area contributed by atoms with E-state index in [4.69, 9.17) is 18.9 Å². The molecule has 0 saturated carbocycles. The number of hydrogen-bond donors (Lipinski definition) is 1. The highest BCUT2D eigenvalue weighted by molar-refractivity contribution is 6.00. The Kier molecular flexibility index (Phi) is 7.24. The van der Waals surface area contributed by atoms with Crippen LogP contribution in [0.2, 0.25) is 0 Å². The quantitative estimate of drug-likeness (QED) is 0.503. The van der Waals surface area contributed by atoms with Crippen molar-refractivity contribution in [1.29, 1.82) is 0 Å². The summed E-state index contributed by atoms with van der Waals surface area (Å²) in [6, 6.07) is 8.15. The topological polar surface area (TPSA) is 109 Å². The second-order valence-electron chi connectivity index (χ2n) is 6.01. The average Bonchev–Trinajstić information content (AvgIpc) is 2.75. The summed E-state index contributed by atoms with van der Waals surface area (Å²) >= 11 is 0. The number of hydrogen-bond acceptors (Lipinski definition) is 7. The van der Waals surface area contributed by atoms with E-state index in [0.717, 1.165) is 5.56 Å². The lowest BCUT2D eigenvalue weighted by Crippen LogP contribution is -2.29. The first-order chi connectivity index (χ1) is 13.9. The minimum atomic E-state index is -0.677. The molecule has 0 spiro atoms. The van der Waals surface area contributed by atoms with Crippen LogP contribution in [0.3, 0.4) is 0 Å². The zero-order chi connectivity index (χ0) is 21.6. The zero-order valence-corrected chi connectivity index (χ0v) is 17.0. The highest BCUT2D eigenvalue weighted by Gasteiger charge is 2.33. The maximum Gasteiger partial charge on any atom is 0.327 e. The van der Waals surface area contributed by atoms with Gasteiger partial charge in [-0.15, -0.1) is 0 Å². The summed E-state index contributed by atoms with van der Waals surface area (Å²) in [5.41, 5.74) is 0.167. The van der Waals surface area contributed by atoms with Crippen LogP contribution in [0, 0.1) is 10.1 Å². The first-order valence-corrected chi connectivity index (χ1v) is 8.83. The van der Waals surface area contributed by atoms with Gasteiger partial charge in [-0.25, -0.2) is 0 Å². The summed E-state index contributed by atoms with van der Waals surface area (Å²) in [4.78, 5) is 24.0. The lowest BCUT2D eigenvalue weighted by molar-refractivity contribution is -0.386. The number of nitro groups is 1. The summed E-state index contributed by atoms with van der Waals surface area (Å²) in [5.74, 6) is 0.0753. The van der Waals surface area contributed by atoms with E-state index in [1.54, 1.807) is 19.2 Å². The molecule has 0 radical (unpaired) electrons. The molecule has 9 nitrogen and oxygen atoms in total. The van der Waals surface area contributed by atoms with Gasteiger partial charge in [-0.3, -0.25) is 14.9 Å². The summed E-state index contributed by atoms with van der Waals surface area (Å²) in [7, 11) is 5.54. The van der Waals surface area contributed by atoms with Gasteiger partial charge in [0.15, 0.2) is 5.75 Å². The van der Waals surface area contributed by atoms with E-state index in [-0.39, 0.29) is 28.9 Å². The van der Waals surface area contributed by atoms with Gasteiger partial charge in [0.25, 0.3) is 5.91 Å². The summed E-state index contributed by atoms with van der Waals surface area (Å²) in [5, 5.41) is 14.5.